The zero-order valence-corrected chi connectivity index (χ0v) is 13.7. The third-order valence-electron chi connectivity index (χ3n) is 3.08. The highest BCUT2D eigenvalue weighted by molar-refractivity contribution is 6.06. The first kappa shape index (κ1) is 18.2. The van der Waals surface area contributed by atoms with Gasteiger partial charge in [0.15, 0.2) is 17.3 Å². The van der Waals surface area contributed by atoms with Crippen molar-refractivity contribution in [2.24, 2.45) is 5.41 Å². The number of nitriles is 1. The molecule has 7 heteroatoms. The van der Waals surface area contributed by atoms with Crippen LogP contribution in [0, 0.1) is 26.9 Å². The first-order valence-corrected chi connectivity index (χ1v) is 6.72. The van der Waals surface area contributed by atoms with Crippen molar-refractivity contribution in [3.8, 4) is 17.6 Å². The standard InChI is InChI=1S/C16H18N2O5/c1-16(2,3)15(19)11(9-17)6-10-7-13(22-4)14(23-5)8-12(10)18(20)21/h6-8H,1-5H3. The third kappa shape index (κ3) is 4.07. The molecule has 0 aliphatic carbocycles. The van der Waals surface area contributed by atoms with E-state index in [4.69, 9.17) is 9.47 Å². The van der Waals surface area contributed by atoms with Gasteiger partial charge in [0.2, 0.25) is 0 Å². The van der Waals surface area contributed by atoms with E-state index in [1.807, 2.05) is 0 Å². The minimum Gasteiger partial charge on any atom is -0.493 e. The number of rotatable bonds is 5. The van der Waals surface area contributed by atoms with Gasteiger partial charge >= 0.3 is 0 Å². The molecule has 23 heavy (non-hydrogen) atoms. The van der Waals surface area contributed by atoms with Crippen molar-refractivity contribution >= 4 is 17.5 Å². The first-order chi connectivity index (χ1) is 10.6. The molecule has 0 atom stereocenters. The Morgan fingerprint density at radius 2 is 1.78 bits per heavy atom. The van der Waals surface area contributed by atoms with Crippen LogP contribution in [0.2, 0.25) is 0 Å². The minimum atomic E-state index is -0.771. The van der Waals surface area contributed by atoms with Gasteiger partial charge in [-0.05, 0) is 12.1 Å². The Labute approximate surface area is 134 Å². The topological polar surface area (TPSA) is 102 Å². The van der Waals surface area contributed by atoms with Crippen LogP contribution in [0.3, 0.4) is 0 Å². The zero-order valence-electron chi connectivity index (χ0n) is 13.7. The van der Waals surface area contributed by atoms with Gasteiger partial charge in [0.25, 0.3) is 5.69 Å². The Hall–Kier alpha value is -2.88. The molecule has 0 unspecified atom stereocenters. The average molecular weight is 318 g/mol. The Kier molecular flexibility index (Phi) is 5.47. The quantitative estimate of drug-likeness (QED) is 0.357. The van der Waals surface area contributed by atoms with Crippen molar-refractivity contribution in [1.29, 1.82) is 5.26 Å². The van der Waals surface area contributed by atoms with Crippen molar-refractivity contribution in [1.82, 2.24) is 0 Å². The molecular formula is C16H18N2O5. The van der Waals surface area contributed by atoms with Crippen LogP contribution in [0.15, 0.2) is 17.7 Å². The van der Waals surface area contributed by atoms with E-state index in [-0.39, 0.29) is 28.3 Å². The number of Topliss-reactive ketones (excluding diaryl/α,β-unsaturated/α-hetero) is 1. The van der Waals surface area contributed by atoms with Crippen molar-refractivity contribution in [3.63, 3.8) is 0 Å². The molecule has 0 fully saturated rings. The van der Waals surface area contributed by atoms with Gasteiger partial charge in [0.1, 0.15) is 6.07 Å². The highest BCUT2D eigenvalue weighted by Crippen LogP contribution is 2.36. The zero-order chi connectivity index (χ0) is 17.8. The van der Waals surface area contributed by atoms with Gasteiger partial charge in [0, 0.05) is 5.41 Å². The highest BCUT2D eigenvalue weighted by Gasteiger charge is 2.26. The molecule has 0 bridgehead atoms. The number of carbonyl (C=O) groups excluding carboxylic acids is 1. The Morgan fingerprint density at radius 1 is 1.26 bits per heavy atom. The monoisotopic (exact) mass is 318 g/mol. The molecule has 0 radical (unpaired) electrons. The van der Waals surface area contributed by atoms with E-state index in [0.717, 1.165) is 0 Å². The number of ketones is 1. The smallest absolute Gasteiger partial charge is 0.280 e. The van der Waals surface area contributed by atoms with Gasteiger partial charge in [-0.1, -0.05) is 20.8 Å². The summed E-state index contributed by atoms with van der Waals surface area (Å²) in [4.78, 5) is 22.9. The lowest BCUT2D eigenvalue weighted by Gasteiger charge is -2.15. The number of carbonyl (C=O) groups is 1. The lowest BCUT2D eigenvalue weighted by molar-refractivity contribution is -0.385. The maximum atomic E-state index is 12.2. The summed E-state index contributed by atoms with van der Waals surface area (Å²) in [6.45, 7) is 5.01. The highest BCUT2D eigenvalue weighted by atomic mass is 16.6. The second-order valence-corrected chi connectivity index (χ2v) is 5.77. The number of hydrogen-bond acceptors (Lipinski definition) is 6. The van der Waals surface area contributed by atoms with Gasteiger partial charge in [-0.25, -0.2) is 0 Å². The van der Waals surface area contributed by atoms with E-state index in [2.05, 4.69) is 0 Å². The van der Waals surface area contributed by atoms with Crippen LogP contribution in [0.4, 0.5) is 5.69 Å². The average Bonchev–Trinajstić information content (AvgIpc) is 2.49. The molecule has 0 aliphatic rings. The maximum absolute atomic E-state index is 12.2. The molecule has 0 saturated heterocycles. The van der Waals surface area contributed by atoms with Crippen LogP contribution in [-0.4, -0.2) is 24.9 Å². The van der Waals surface area contributed by atoms with Crippen LogP contribution < -0.4 is 9.47 Å². The van der Waals surface area contributed by atoms with Gasteiger partial charge in [-0.2, -0.15) is 5.26 Å². The van der Waals surface area contributed by atoms with Crippen LogP contribution in [0.1, 0.15) is 26.3 Å². The van der Waals surface area contributed by atoms with Gasteiger partial charge in [-0.3, -0.25) is 14.9 Å². The number of hydrogen-bond donors (Lipinski definition) is 0. The number of nitro benzene ring substituents is 1. The summed E-state index contributed by atoms with van der Waals surface area (Å²) in [5, 5.41) is 20.5. The number of ether oxygens (including phenoxy) is 2. The van der Waals surface area contributed by atoms with Crippen molar-refractivity contribution in [2.75, 3.05) is 14.2 Å². The van der Waals surface area contributed by atoms with Crippen molar-refractivity contribution < 1.29 is 19.2 Å². The lowest BCUT2D eigenvalue weighted by Crippen LogP contribution is -2.21. The number of nitrogens with zero attached hydrogens (tertiary/aromatic N) is 2. The summed E-state index contributed by atoms with van der Waals surface area (Å²) < 4.78 is 10.1. The summed E-state index contributed by atoms with van der Waals surface area (Å²) in [6.07, 6.45) is 1.20. The van der Waals surface area contributed by atoms with Crippen LogP contribution >= 0.6 is 0 Å². The van der Waals surface area contributed by atoms with Crippen LogP contribution in [0.25, 0.3) is 6.08 Å². The summed E-state index contributed by atoms with van der Waals surface area (Å²) >= 11 is 0. The molecule has 0 aromatic heterocycles. The molecule has 0 spiro atoms. The number of benzene rings is 1. The normalized spacial score (nSPS) is 11.6. The molecule has 0 heterocycles. The fourth-order valence-corrected chi connectivity index (χ4v) is 1.87. The Morgan fingerprint density at radius 3 is 2.17 bits per heavy atom. The van der Waals surface area contributed by atoms with Crippen LogP contribution in [-0.2, 0) is 4.79 Å². The molecule has 0 N–H and O–H groups in total. The molecule has 1 rings (SSSR count). The fraction of sp³-hybridized carbons (Fsp3) is 0.375. The molecule has 0 amide bonds. The second kappa shape index (κ2) is 6.92. The predicted molar refractivity (Wildman–Crippen MR) is 84.3 cm³/mol. The SMILES string of the molecule is COc1cc(C=C(C#N)C(=O)C(C)(C)C)c([N+](=O)[O-])cc1OC. The molecule has 7 nitrogen and oxygen atoms in total. The first-order valence-electron chi connectivity index (χ1n) is 6.72. The maximum Gasteiger partial charge on any atom is 0.280 e. The van der Waals surface area contributed by atoms with E-state index >= 15 is 0 Å². The number of methoxy groups -OCH3 is 2. The molecule has 1 aromatic carbocycles. The third-order valence-corrected chi connectivity index (χ3v) is 3.08. The predicted octanol–water partition coefficient (Wildman–Crippen LogP) is 3.13. The van der Waals surface area contributed by atoms with Crippen LogP contribution in [0.5, 0.6) is 11.5 Å². The van der Waals surface area contributed by atoms with E-state index in [0.29, 0.717) is 0 Å². The van der Waals surface area contributed by atoms with Crippen molar-refractivity contribution in [2.45, 2.75) is 20.8 Å². The summed E-state index contributed by atoms with van der Waals surface area (Å²) in [6, 6.07) is 4.37. The second-order valence-electron chi connectivity index (χ2n) is 5.77. The Bertz CT molecular complexity index is 708. The van der Waals surface area contributed by atoms with E-state index < -0.39 is 16.1 Å². The molecular weight excluding hydrogens is 300 g/mol. The lowest BCUT2D eigenvalue weighted by atomic mass is 9.86. The van der Waals surface area contributed by atoms with E-state index in [1.165, 1.54) is 32.4 Å². The molecule has 0 saturated carbocycles. The largest absolute Gasteiger partial charge is 0.493 e. The summed E-state index contributed by atoms with van der Waals surface area (Å²) in [5.41, 5.74) is -1.11. The Balaban J connectivity index is 3.57. The molecule has 0 aliphatic heterocycles. The number of nitro groups is 1. The van der Waals surface area contributed by atoms with E-state index in [9.17, 15) is 20.2 Å². The fourth-order valence-electron chi connectivity index (χ4n) is 1.87. The van der Waals surface area contributed by atoms with Gasteiger partial charge in [0.05, 0.1) is 36.3 Å². The summed E-state index contributed by atoms with van der Waals surface area (Å²) in [5.74, 6) is 0.0611. The van der Waals surface area contributed by atoms with Crippen molar-refractivity contribution in [3.05, 3.63) is 33.4 Å². The molecule has 1 aromatic rings. The number of allylic oxidation sites excluding steroid dienone is 1. The molecule has 122 valence electrons. The van der Waals surface area contributed by atoms with Gasteiger partial charge < -0.3 is 9.47 Å². The van der Waals surface area contributed by atoms with Gasteiger partial charge in [-0.15, -0.1) is 0 Å². The minimum absolute atomic E-state index is 0.0989. The summed E-state index contributed by atoms with van der Waals surface area (Å²) in [7, 11) is 2.75. The van der Waals surface area contributed by atoms with E-state index in [1.54, 1.807) is 26.8 Å².